The maximum atomic E-state index is 2.46. The zero-order valence-corrected chi connectivity index (χ0v) is 19.9. The zero-order valence-electron chi connectivity index (χ0n) is 18.9. The van der Waals surface area contributed by atoms with Crippen LogP contribution in [0.15, 0.2) is 89.7 Å². The van der Waals surface area contributed by atoms with Gasteiger partial charge in [-0.15, -0.1) is 0 Å². The highest BCUT2D eigenvalue weighted by atomic mass is 28.3. The highest BCUT2D eigenvalue weighted by molar-refractivity contribution is 7.16. The van der Waals surface area contributed by atoms with Gasteiger partial charge in [0.15, 0.2) is 8.07 Å². The molecule has 0 aromatic heterocycles. The van der Waals surface area contributed by atoms with Gasteiger partial charge in [-0.1, -0.05) is 119 Å². The lowest BCUT2D eigenvalue weighted by atomic mass is 10.1. The van der Waals surface area contributed by atoms with E-state index < -0.39 is 8.07 Å². The van der Waals surface area contributed by atoms with Crippen LogP contribution in [0.1, 0.15) is 42.0 Å². The summed E-state index contributed by atoms with van der Waals surface area (Å²) in [5.41, 5.74) is 6.95. The number of allylic oxidation sites excluding steroid dienone is 4. The van der Waals surface area contributed by atoms with E-state index in [0.29, 0.717) is 0 Å². The predicted molar refractivity (Wildman–Crippen MR) is 134 cm³/mol. The Hall–Kier alpha value is -2.64. The van der Waals surface area contributed by atoms with E-state index in [2.05, 4.69) is 114 Å². The highest BCUT2D eigenvalue weighted by Crippen LogP contribution is 2.31. The first-order valence-electron chi connectivity index (χ1n) is 11.1. The summed E-state index contributed by atoms with van der Waals surface area (Å²) in [6.45, 7) is 11.3. The first kappa shape index (κ1) is 20.6. The molecule has 0 aliphatic heterocycles. The summed E-state index contributed by atoms with van der Waals surface area (Å²) in [5.74, 6) is 0. The molecule has 152 valence electrons. The molecule has 1 heteroatoms. The lowest BCUT2D eigenvalue weighted by Crippen LogP contribution is -2.69. The Morgan fingerprint density at radius 3 is 1.63 bits per heavy atom. The van der Waals surface area contributed by atoms with Gasteiger partial charge in [-0.25, -0.2) is 0 Å². The molecule has 0 radical (unpaired) electrons. The van der Waals surface area contributed by atoms with E-state index in [1.807, 2.05) is 0 Å². The Morgan fingerprint density at radius 2 is 1.17 bits per heavy atom. The summed E-state index contributed by atoms with van der Waals surface area (Å²) in [6, 6.07) is 25.8. The van der Waals surface area contributed by atoms with Crippen LogP contribution in [0.25, 0.3) is 0 Å². The van der Waals surface area contributed by atoms with Crippen molar-refractivity contribution < 1.29 is 0 Å². The van der Waals surface area contributed by atoms with Crippen molar-refractivity contribution in [2.75, 3.05) is 0 Å². The maximum Gasteiger partial charge on any atom is 0.176 e. The molecule has 0 atom stereocenters. The molecule has 0 heterocycles. The number of rotatable bonds is 5. The van der Waals surface area contributed by atoms with Crippen LogP contribution < -0.4 is 15.6 Å². The molecule has 30 heavy (non-hydrogen) atoms. The molecule has 3 aromatic carbocycles. The van der Waals surface area contributed by atoms with E-state index in [1.54, 1.807) is 5.20 Å². The topological polar surface area (TPSA) is 0 Å². The van der Waals surface area contributed by atoms with Crippen molar-refractivity contribution in [3.05, 3.63) is 112 Å². The number of aryl methyl sites for hydroxylation is 4. The molecule has 0 saturated carbocycles. The van der Waals surface area contributed by atoms with Crippen LogP contribution in [-0.4, -0.2) is 8.07 Å². The van der Waals surface area contributed by atoms with Gasteiger partial charge in [0.1, 0.15) is 0 Å². The van der Waals surface area contributed by atoms with E-state index in [9.17, 15) is 0 Å². The van der Waals surface area contributed by atoms with Gasteiger partial charge >= 0.3 is 0 Å². The third kappa shape index (κ3) is 3.52. The number of hydrogen-bond acceptors (Lipinski definition) is 0. The summed E-state index contributed by atoms with van der Waals surface area (Å²) >= 11 is 0. The molecule has 3 aromatic rings. The first-order valence-corrected chi connectivity index (χ1v) is 13.1. The monoisotopic (exact) mass is 408 g/mol. The van der Waals surface area contributed by atoms with Crippen molar-refractivity contribution in [1.82, 2.24) is 0 Å². The Labute approximate surface area is 183 Å². The van der Waals surface area contributed by atoms with Gasteiger partial charge in [-0.2, -0.15) is 0 Å². The average Bonchev–Trinajstić information content (AvgIpc) is 3.17. The van der Waals surface area contributed by atoms with Crippen molar-refractivity contribution in [3.63, 3.8) is 0 Å². The molecule has 0 amide bonds. The normalized spacial score (nSPS) is 13.9. The maximum absolute atomic E-state index is 2.46. The van der Waals surface area contributed by atoms with Gasteiger partial charge in [-0.3, -0.25) is 0 Å². The Balaban J connectivity index is 2.19. The molecule has 1 aliphatic carbocycles. The van der Waals surface area contributed by atoms with Gasteiger partial charge in [-0.05, 0) is 56.1 Å². The molecular formula is C29H32Si. The molecule has 0 bridgehead atoms. The summed E-state index contributed by atoms with van der Waals surface area (Å²) in [4.78, 5) is 0. The fourth-order valence-corrected chi connectivity index (χ4v) is 11.0. The van der Waals surface area contributed by atoms with E-state index in [0.717, 1.165) is 12.8 Å². The van der Waals surface area contributed by atoms with Crippen LogP contribution in [0.3, 0.4) is 0 Å². The number of benzene rings is 3. The second-order valence-corrected chi connectivity index (χ2v) is 12.7. The summed E-state index contributed by atoms with van der Waals surface area (Å²) in [6.07, 6.45) is 6.91. The predicted octanol–water partition coefficient (Wildman–Crippen LogP) is 5.60. The Bertz CT molecular complexity index is 1040. The minimum Gasteiger partial charge on any atom is -0.0805 e. The summed E-state index contributed by atoms with van der Waals surface area (Å²) < 4.78 is 0. The fraction of sp³-hybridized carbons (Fsp3) is 0.241. The average molecular weight is 409 g/mol. The van der Waals surface area contributed by atoms with Crippen molar-refractivity contribution >= 4 is 23.6 Å². The van der Waals surface area contributed by atoms with Gasteiger partial charge in [0.05, 0.1) is 0 Å². The molecule has 0 fully saturated rings. The first-order chi connectivity index (χ1) is 14.4. The van der Waals surface area contributed by atoms with Gasteiger partial charge < -0.3 is 0 Å². The van der Waals surface area contributed by atoms with Crippen molar-refractivity contribution in [2.45, 2.75) is 47.5 Å². The third-order valence-electron chi connectivity index (χ3n) is 6.38. The van der Waals surface area contributed by atoms with Crippen molar-refractivity contribution in [2.24, 2.45) is 0 Å². The molecule has 0 nitrogen and oxygen atoms in total. The number of hydrogen-bond donors (Lipinski definition) is 0. The fourth-order valence-electron chi connectivity index (χ4n) is 5.37. The minimum atomic E-state index is -2.38. The van der Waals surface area contributed by atoms with E-state index in [-0.39, 0.29) is 0 Å². The SMILES string of the molecule is CCC1=C([Si](c2ccccc2)(c2cc(C)cc(C)c2)c2cc(C)cc(C)c2)CC=C1. The molecule has 0 saturated heterocycles. The van der Waals surface area contributed by atoms with E-state index in [1.165, 1.54) is 43.4 Å². The second kappa shape index (κ2) is 8.24. The molecule has 4 rings (SSSR count). The van der Waals surface area contributed by atoms with Crippen LogP contribution in [0.4, 0.5) is 0 Å². The van der Waals surface area contributed by atoms with Gasteiger partial charge in [0.25, 0.3) is 0 Å². The standard InChI is InChI=1S/C29H32Si/c1-6-25-11-10-14-29(25)30(26-12-8-7-9-13-26,27-17-21(2)15-22(3)18-27)28-19-23(4)16-24(5)20-28/h7-13,15-20H,6,14H2,1-5H3. The van der Waals surface area contributed by atoms with Crippen LogP contribution in [0.5, 0.6) is 0 Å². The quantitative estimate of drug-likeness (QED) is 0.381. The largest absolute Gasteiger partial charge is 0.176 e. The van der Waals surface area contributed by atoms with Crippen LogP contribution in [0.2, 0.25) is 0 Å². The van der Waals surface area contributed by atoms with Gasteiger partial charge in [0, 0.05) is 0 Å². The highest BCUT2D eigenvalue weighted by Gasteiger charge is 2.44. The molecule has 0 unspecified atom stereocenters. The second-order valence-electron chi connectivity index (χ2n) is 8.83. The Kier molecular flexibility index (Phi) is 5.66. The smallest absolute Gasteiger partial charge is 0.0805 e. The van der Waals surface area contributed by atoms with Crippen LogP contribution in [-0.2, 0) is 0 Å². The molecule has 0 spiro atoms. The molecule has 0 N–H and O–H groups in total. The van der Waals surface area contributed by atoms with E-state index >= 15 is 0 Å². The third-order valence-corrected chi connectivity index (χ3v) is 11.3. The molecular weight excluding hydrogens is 376 g/mol. The van der Waals surface area contributed by atoms with Crippen molar-refractivity contribution in [3.8, 4) is 0 Å². The van der Waals surface area contributed by atoms with Crippen molar-refractivity contribution in [1.29, 1.82) is 0 Å². The van der Waals surface area contributed by atoms with E-state index in [4.69, 9.17) is 0 Å². The Morgan fingerprint density at radius 1 is 0.667 bits per heavy atom. The molecule has 1 aliphatic rings. The minimum absolute atomic E-state index is 1.06. The lowest BCUT2D eigenvalue weighted by molar-refractivity contribution is 1.14. The lowest BCUT2D eigenvalue weighted by Gasteiger charge is -2.37. The van der Waals surface area contributed by atoms with Gasteiger partial charge in [0.2, 0.25) is 0 Å². The van der Waals surface area contributed by atoms with Crippen LogP contribution >= 0.6 is 0 Å². The van der Waals surface area contributed by atoms with Crippen LogP contribution in [0, 0.1) is 27.7 Å². The zero-order chi connectivity index (χ0) is 21.3. The summed E-state index contributed by atoms with van der Waals surface area (Å²) in [5, 5.41) is 6.18. The summed E-state index contributed by atoms with van der Waals surface area (Å²) in [7, 11) is -2.38.